The van der Waals surface area contributed by atoms with Gasteiger partial charge >= 0.3 is 0 Å². The van der Waals surface area contributed by atoms with E-state index in [0.29, 0.717) is 11.8 Å². The van der Waals surface area contributed by atoms with Crippen molar-refractivity contribution in [2.45, 2.75) is 44.9 Å². The number of nitrogens with zero attached hydrogens (tertiary/aromatic N) is 3. The molecule has 19 heavy (non-hydrogen) atoms. The molecule has 2 unspecified atom stereocenters. The summed E-state index contributed by atoms with van der Waals surface area (Å²) in [5, 5.41) is 0. The lowest BCUT2D eigenvalue weighted by Crippen LogP contribution is -2.39. The molecule has 0 saturated carbocycles. The normalized spacial score (nSPS) is 27.2. The third-order valence-electron chi connectivity index (χ3n) is 4.57. The molecule has 4 heteroatoms. The maximum atomic E-state index is 5.81. The van der Waals surface area contributed by atoms with Crippen LogP contribution in [-0.2, 0) is 6.42 Å². The van der Waals surface area contributed by atoms with E-state index >= 15 is 0 Å². The smallest absolute Gasteiger partial charge is 0.225 e. The van der Waals surface area contributed by atoms with E-state index in [2.05, 4.69) is 23.0 Å². The Kier molecular flexibility index (Phi) is 3.69. The first-order valence-corrected chi connectivity index (χ1v) is 7.58. The fraction of sp³-hybridized carbons (Fsp3) is 0.733. The van der Waals surface area contributed by atoms with Crippen LogP contribution >= 0.6 is 0 Å². The Hall–Kier alpha value is -1.16. The van der Waals surface area contributed by atoms with Crippen molar-refractivity contribution in [2.75, 3.05) is 24.5 Å². The zero-order valence-electron chi connectivity index (χ0n) is 11.8. The van der Waals surface area contributed by atoms with E-state index in [9.17, 15) is 0 Å². The molecule has 0 radical (unpaired) electrons. The van der Waals surface area contributed by atoms with Crippen LogP contribution in [0.1, 0.15) is 49.8 Å². The summed E-state index contributed by atoms with van der Waals surface area (Å²) in [4.78, 5) is 11.8. The van der Waals surface area contributed by atoms with Crippen molar-refractivity contribution in [2.24, 2.45) is 11.7 Å². The highest BCUT2D eigenvalue weighted by Crippen LogP contribution is 2.30. The van der Waals surface area contributed by atoms with E-state index in [0.717, 1.165) is 32.0 Å². The third kappa shape index (κ3) is 2.59. The molecule has 2 atom stereocenters. The second-order valence-corrected chi connectivity index (χ2v) is 6.06. The van der Waals surface area contributed by atoms with Gasteiger partial charge in [0, 0.05) is 19.3 Å². The molecule has 1 aromatic heterocycles. The lowest BCUT2D eigenvalue weighted by molar-refractivity contribution is 0.418. The van der Waals surface area contributed by atoms with Crippen molar-refractivity contribution >= 4 is 5.95 Å². The fourth-order valence-corrected chi connectivity index (χ4v) is 3.36. The van der Waals surface area contributed by atoms with Crippen molar-refractivity contribution in [3.05, 3.63) is 17.5 Å². The third-order valence-corrected chi connectivity index (χ3v) is 4.57. The maximum Gasteiger partial charge on any atom is 0.225 e. The molecule has 0 bridgehead atoms. The van der Waals surface area contributed by atoms with Crippen LogP contribution in [0, 0.1) is 5.92 Å². The van der Waals surface area contributed by atoms with Crippen LogP contribution < -0.4 is 10.6 Å². The Labute approximate surface area is 115 Å². The Morgan fingerprint density at radius 2 is 2.26 bits per heavy atom. The molecule has 2 N–H and O–H groups in total. The van der Waals surface area contributed by atoms with E-state index in [4.69, 9.17) is 10.7 Å². The number of rotatable bonds is 2. The highest BCUT2D eigenvalue weighted by Gasteiger charge is 2.24. The number of nitrogens with two attached hydrogens (primary N) is 1. The van der Waals surface area contributed by atoms with E-state index in [-0.39, 0.29) is 0 Å². The number of hydrogen-bond donors (Lipinski definition) is 1. The van der Waals surface area contributed by atoms with Crippen molar-refractivity contribution in [3.63, 3.8) is 0 Å². The Morgan fingerprint density at radius 1 is 1.37 bits per heavy atom. The van der Waals surface area contributed by atoms with Crippen molar-refractivity contribution in [1.29, 1.82) is 0 Å². The van der Waals surface area contributed by atoms with Crippen LogP contribution in [0.3, 0.4) is 0 Å². The molecule has 0 spiro atoms. The highest BCUT2D eigenvalue weighted by molar-refractivity contribution is 5.36. The van der Waals surface area contributed by atoms with Gasteiger partial charge in [0.2, 0.25) is 5.95 Å². The zero-order valence-corrected chi connectivity index (χ0v) is 11.8. The average molecular weight is 260 g/mol. The lowest BCUT2D eigenvalue weighted by Gasteiger charge is -2.33. The summed E-state index contributed by atoms with van der Waals surface area (Å²) in [5.74, 6) is 2.11. The number of piperidine rings is 1. The van der Waals surface area contributed by atoms with Gasteiger partial charge in [-0.3, -0.25) is 0 Å². The molecule has 0 aromatic carbocycles. The summed E-state index contributed by atoms with van der Waals surface area (Å²) >= 11 is 0. The minimum absolute atomic E-state index is 0.584. The molecule has 1 fully saturated rings. The van der Waals surface area contributed by atoms with E-state index in [1.54, 1.807) is 0 Å². The van der Waals surface area contributed by atoms with Gasteiger partial charge in [-0.1, -0.05) is 6.92 Å². The minimum Gasteiger partial charge on any atom is -0.340 e. The molecule has 3 rings (SSSR count). The average Bonchev–Trinajstić information content (AvgIpc) is 2.47. The molecule has 1 aliphatic carbocycles. The first-order valence-electron chi connectivity index (χ1n) is 7.58. The molecular weight excluding hydrogens is 236 g/mol. The van der Waals surface area contributed by atoms with E-state index in [1.165, 1.54) is 36.9 Å². The molecular formula is C15H24N4. The zero-order chi connectivity index (χ0) is 13.2. The van der Waals surface area contributed by atoms with Crippen LogP contribution in [0.15, 0.2) is 6.20 Å². The number of hydrogen-bond acceptors (Lipinski definition) is 4. The number of aromatic nitrogens is 2. The topological polar surface area (TPSA) is 55.0 Å². The van der Waals surface area contributed by atoms with Crippen LogP contribution in [0.25, 0.3) is 0 Å². The van der Waals surface area contributed by atoms with Gasteiger partial charge in [0.25, 0.3) is 0 Å². The largest absolute Gasteiger partial charge is 0.340 e. The summed E-state index contributed by atoms with van der Waals surface area (Å²) in [6.45, 7) is 5.15. The van der Waals surface area contributed by atoms with Gasteiger partial charge in [-0.2, -0.15) is 0 Å². The number of fused-ring (bicyclic) bond motifs is 1. The molecule has 2 aliphatic rings. The van der Waals surface area contributed by atoms with Crippen molar-refractivity contribution in [1.82, 2.24) is 9.97 Å². The van der Waals surface area contributed by atoms with Crippen LogP contribution in [0.2, 0.25) is 0 Å². The quantitative estimate of drug-likeness (QED) is 0.884. The monoisotopic (exact) mass is 260 g/mol. The second kappa shape index (κ2) is 5.45. The van der Waals surface area contributed by atoms with Gasteiger partial charge in [0.1, 0.15) is 0 Å². The molecule has 4 nitrogen and oxygen atoms in total. The molecule has 104 valence electrons. The van der Waals surface area contributed by atoms with Crippen LogP contribution in [-0.4, -0.2) is 29.6 Å². The minimum atomic E-state index is 0.584. The van der Waals surface area contributed by atoms with Gasteiger partial charge in [-0.25, -0.2) is 9.97 Å². The molecule has 1 saturated heterocycles. The Balaban J connectivity index is 1.83. The Morgan fingerprint density at radius 3 is 3.11 bits per heavy atom. The lowest BCUT2D eigenvalue weighted by atomic mass is 9.89. The fourth-order valence-electron chi connectivity index (χ4n) is 3.36. The Bertz CT molecular complexity index is 446. The summed E-state index contributed by atoms with van der Waals surface area (Å²) < 4.78 is 0. The predicted molar refractivity (Wildman–Crippen MR) is 77.4 cm³/mol. The molecule has 0 amide bonds. The van der Waals surface area contributed by atoms with Gasteiger partial charge in [0.15, 0.2) is 0 Å². The summed E-state index contributed by atoms with van der Waals surface area (Å²) in [6.07, 6.45) is 8.18. The van der Waals surface area contributed by atoms with Gasteiger partial charge in [-0.15, -0.1) is 0 Å². The van der Waals surface area contributed by atoms with Crippen molar-refractivity contribution < 1.29 is 0 Å². The van der Waals surface area contributed by atoms with E-state index < -0.39 is 0 Å². The first-order chi connectivity index (χ1) is 9.28. The van der Waals surface area contributed by atoms with Gasteiger partial charge in [0.05, 0.1) is 5.69 Å². The standard InChI is InChI=1S/C15H24N4/c1-11-4-2-6-13-9-17-15(18-14(11)13)19-7-3-5-12(8-16)10-19/h9,11-12H,2-8,10,16H2,1H3. The maximum absolute atomic E-state index is 5.81. The van der Waals surface area contributed by atoms with Gasteiger partial charge in [-0.05, 0) is 56.0 Å². The summed E-state index contributed by atoms with van der Waals surface area (Å²) in [7, 11) is 0. The predicted octanol–water partition coefficient (Wildman–Crippen LogP) is 2.09. The highest BCUT2D eigenvalue weighted by atomic mass is 15.3. The van der Waals surface area contributed by atoms with Gasteiger partial charge < -0.3 is 10.6 Å². The SMILES string of the molecule is CC1CCCc2cnc(N3CCCC(CN)C3)nc21. The summed E-state index contributed by atoms with van der Waals surface area (Å²) in [5.41, 5.74) is 8.45. The van der Waals surface area contributed by atoms with Crippen LogP contribution in [0.5, 0.6) is 0 Å². The second-order valence-electron chi connectivity index (χ2n) is 6.06. The molecule has 2 heterocycles. The summed E-state index contributed by atoms with van der Waals surface area (Å²) in [6, 6.07) is 0. The molecule has 1 aliphatic heterocycles. The van der Waals surface area contributed by atoms with Crippen LogP contribution in [0.4, 0.5) is 5.95 Å². The number of anilines is 1. The number of aryl methyl sites for hydroxylation is 1. The van der Waals surface area contributed by atoms with Crippen molar-refractivity contribution in [3.8, 4) is 0 Å². The molecule has 1 aromatic rings. The first kappa shape index (κ1) is 12.9. The van der Waals surface area contributed by atoms with E-state index in [1.807, 2.05) is 0 Å².